The Kier molecular flexibility index (Phi) is 5.92. The highest BCUT2D eigenvalue weighted by Crippen LogP contribution is 2.23. The second-order valence-corrected chi connectivity index (χ2v) is 8.39. The number of carbonyl (C=O) groups is 1. The van der Waals surface area contributed by atoms with Crippen LogP contribution in [0.2, 0.25) is 0 Å². The maximum Gasteiger partial charge on any atom is 0.267 e. The third-order valence-electron chi connectivity index (χ3n) is 5.18. The van der Waals surface area contributed by atoms with Crippen LogP contribution in [0.15, 0.2) is 83.2 Å². The van der Waals surface area contributed by atoms with E-state index >= 15 is 0 Å². The first kappa shape index (κ1) is 21.6. The molecule has 0 aliphatic heterocycles. The van der Waals surface area contributed by atoms with Gasteiger partial charge >= 0.3 is 0 Å². The third-order valence-corrected chi connectivity index (χ3v) is 5.95. The largest absolute Gasteiger partial charge is 0.494 e. The topological polar surface area (TPSA) is 90.5 Å². The number of nitrogens with zero attached hydrogens (tertiary/aromatic N) is 4. The summed E-state index contributed by atoms with van der Waals surface area (Å²) in [6.07, 6.45) is 3.93. The average molecular weight is 472 g/mol. The zero-order valence-corrected chi connectivity index (χ0v) is 19.2. The molecule has 0 saturated heterocycles. The van der Waals surface area contributed by atoms with E-state index in [1.54, 1.807) is 17.4 Å². The van der Waals surface area contributed by atoms with Crippen molar-refractivity contribution in [3.63, 3.8) is 0 Å². The molecule has 170 valence electrons. The molecule has 0 fully saturated rings. The third kappa shape index (κ3) is 4.60. The van der Waals surface area contributed by atoms with E-state index in [2.05, 4.69) is 15.4 Å². The normalized spacial score (nSPS) is 11.0. The van der Waals surface area contributed by atoms with Crippen LogP contribution in [0, 0.1) is 0 Å². The van der Waals surface area contributed by atoms with Crippen molar-refractivity contribution in [3.8, 4) is 28.3 Å². The maximum atomic E-state index is 12.6. The van der Waals surface area contributed by atoms with Crippen LogP contribution in [0.4, 0.5) is 5.69 Å². The molecule has 0 aliphatic carbocycles. The van der Waals surface area contributed by atoms with E-state index in [0.29, 0.717) is 18.0 Å². The van der Waals surface area contributed by atoms with Crippen LogP contribution in [0.5, 0.6) is 5.75 Å². The Morgan fingerprint density at radius 3 is 2.47 bits per heavy atom. The Morgan fingerprint density at radius 2 is 1.74 bits per heavy atom. The average Bonchev–Trinajstić information content (AvgIpc) is 3.44. The molecule has 9 heteroatoms. The number of rotatable bonds is 7. The van der Waals surface area contributed by atoms with Crippen molar-refractivity contribution in [1.82, 2.24) is 19.2 Å². The second-order valence-electron chi connectivity index (χ2n) is 7.52. The van der Waals surface area contributed by atoms with Crippen molar-refractivity contribution in [2.45, 2.75) is 13.5 Å². The summed E-state index contributed by atoms with van der Waals surface area (Å²) in [4.78, 5) is 30.4. The minimum atomic E-state index is -0.347. The molecular weight excluding hydrogens is 450 g/mol. The van der Waals surface area contributed by atoms with Crippen LogP contribution < -0.4 is 15.6 Å². The highest BCUT2D eigenvalue weighted by molar-refractivity contribution is 7.15. The van der Waals surface area contributed by atoms with Gasteiger partial charge in [-0.3, -0.25) is 14.0 Å². The molecule has 0 saturated carbocycles. The van der Waals surface area contributed by atoms with Crippen LogP contribution in [0.1, 0.15) is 6.92 Å². The number of hydrogen-bond donors (Lipinski definition) is 1. The van der Waals surface area contributed by atoms with E-state index in [1.165, 1.54) is 6.07 Å². The van der Waals surface area contributed by atoms with Crippen molar-refractivity contribution in [3.05, 3.63) is 88.8 Å². The molecule has 3 aromatic heterocycles. The minimum Gasteiger partial charge on any atom is -0.494 e. The number of carbonyl (C=O) groups excluding carboxylic acids is 1. The Hall–Kier alpha value is -4.24. The number of benzene rings is 2. The van der Waals surface area contributed by atoms with E-state index in [1.807, 2.05) is 77.6 Å². The smallest absolute Gasteiger partial charge is 0.267 e. The SMILES string of the molecule is CCOc1ccc(-c2ccc(=O)n(CC(=O)Nc3ccc(-c4cn5ccsc5n4)cc3)n2)cc1. The minimum absolute atomic E-state index is 0.192. The number of amides is 1. The van der Waals surface area contributed by atoms with Gasteiger partial charge in [-0.05, 0) is 49.4 Å². The summed E-state index contributed by atoms with van der Waals surface area (Å²) in [7, 11) is 0. The molecule has 3 heterocycles. The molecule has 0 spiro atoms. The molecule has 0 bridgehead atoms. The van der Waals surface area contributed by atoms with E-state index in [-0.39, 0.29) is 18.0 Å². The van der Waals surface area contributed by atoms with Gasteiger partial charge in [0.2, 0.25) is 5.91 Å². The van der Waals surface area contributed by atoms with Gasteiger partial charge in [0, 0.05) is 40.7 Å². The number of imidazole rings is 1. The lowest BCUT2D eigenvalue weighted by Gasteiger charge is -2.09. The molecule has 2 aromatic carbocycles. The molecule has 0 radical (unpaired) electrons. The number of nitrogens with one attached hydrogen (secondary N) is 1. The predicted molar refractivity (Wildman–Crippen MR) is 132 cm³/mol. The number of fused-ring (bicyclic) bond motifs is 1. The number of ether oxygens (including phenoxy) is 1. The van der Waals surface area contributed by atoms with Crippen molar-refractivity contribution >= 4 is 27.9 Å². The van der Waals surface area contributed by atoms with Gasteiger partial charge in [0.05, 0.1) is 18.0 Å². The quantitative estimate of drug-likeness (QED) is 0.382. The first-order chi connectivity index (χ1) is 16.6. The standard InChI is InChI=1S/C25H21N5O3S/c1-2-33-20-9-5-17(6-10-20)21-11-12-24(32)30(28-21)16-23(31)26-19-7-3-18(4-8-19)22-15-29-13-14-34-25(29)27-22/h3-15H,2,16H2,1H3,(H,26,31). The van der Waals surface area contributed by atoms with Gasteiger partial charge in [-0.15, -0.1) is 11.3 Å². The van der Waals surface area contributed by atoms with Crippen LogP contribution in [-0.4, -0.2) is 31.7 Å². The zero-order valence-electron chi connectivity index (χ0n) is 18.3. The Morgan fingerprint density at radius 1 is 1.00 bits per heavy atom. The first-order valence-electron chi connectivity index (χ1n) is 10.7. The van der Waals surface area contributed by atoms with Gasteiger partial charge in [0.25, 0.3) is 5.56 Å². The Labute approximate surface area is 199 Å². The number of anilines is 1. The molecule has 1 N–H and O–H groups in total. The summed E-state index contributed by atoms with van der Waals surface area (Å²) in [6.45, 7) is 2.32. The molecule has 0 unspecified atom stereocenters. The fraction of sp³-hybridized carbons (Fsp3) is 0.120. The van der Waals surface area contributed by atoms with Gasteiger partial charge in [0.1, 0.15) is 12.3 Å². The lowest BCUT2D eigenvalue weighted by Crippen LogP contribution is -2.29. The van der Waals surface area contributed by atoms with Gasteiger partial charge < -0.3 is 10.1 Å². The molecular formula is C25H21N5O3S. The fourth-order valence-electron chi connectivity index (χ4n) is 3.53. The highest BCUT2D eigenvalue weighted by atomic mass is 32.1. The molecule has 8 nitrogen and oxygen atoms in total. The lowest BCUT2D eigenvalue weighted by molar-refractivity contribution is -0.117. The predicted octanol–water partition coefficient (Wildman–Crippen LogP) is 4.32. The highest BCUT2D eigenvalue weighted by Gasteiger charge is 2.10. The van der Waals surface area contributed by atoms with Gasteiger partial charge in [-0.1, -0.05) is 12.1 Å². The van der Waals surface area contributed by atoms with Crippen molar-refractivity contribution in [1.29, 1.82) is 0 Å². The zero-order chi connectivity index (χ0) is 23.5. The van der Waals surface area contributed by atoms with E-state index in [0.717, 1.165) is 32.2 Å². The van der Waals surface area contributed by atoms with E-state index in [9.17, 15) is 9.59 Å². The lowest BCUT2D eigenvalue weighted by atomic mass is 10.1. The van der Waals surface area contributed by atoms with Crippen molar-refractivity contribution < 1.29 is 9.53 Å². The monoisotopic (exact) mass is 471 g/mol. The summed E-state index contributed by atoms with van der Waals surface area (Å²) in [5.41, 5.74) is 3.53. The molecule has 5 rings (SSSR count). The Bertz CT molecular complexity index is 1470. The molecule has 5 aromatic rings. The van der Waals surface area contributed by atoms with Gasteiger partial charge in [0.15, 0.2) is 4.96 Å². The molecule has 34 heavy (non-hydrogen) atoms. The van der Waals surface area contributed by atoms with Crippen molar-refractivity contribution in [2.75, 3.05) is 11.9 Å². The second kappa shape index (κ2) is 9.32. The molecule has 0 aliphatic rings. The van der Waals surface area contributed by atoms with Gasteiger partial charge in [-0.25, -0.2) is 9.67 Å². The fourth-order valence-corrected chi connectivity index (χ4v) is 4.23. The summed E-state index contributed by atoms with van der Waals surface area (Å²) >= 11 is 1.57. The summed E-state index contributed by atoms with van der Waals surface area (Å²) in [5.74, 6) is 0.423. The van der Waals surface area contributed by atoms with Gasteiger partial charge in [-0.2, -0.15) is 5.10 Å². The van der Waals surface area contributed by atoms with Crippen LogP contribution in [0.25, 0.3) is 27.5 Å². The van der Waals surface area contributed by atoms with E-state index in [4.69, 9.17) is 4.74 Å². The summed E-state index contributed by atoms with van der Waals surface area (Å²) in [6, 6.07) is 17.9. The van der Waals surface area contributed by atoms with Crippen LogP contribution >= 0.6 is 11.3 Å². The first-order valence-corrected chi connectivity index (χ1v) is 11.6. The van der Waals surface area contributed by atoms with E-state index < -0.39 is 0 Å². The summed E-state index contributed by atoms with van der Waals surface area (Å²) < 4.78 is 8.59. The number of aromatic nitrogens is 4. The maximum absolute atomic E-state index is 12.6. The van der Waals surface area contributed by atoms with Crippen LogP contribution in [0.3, 0.4) is 0 Å². The number of hydrogen-bond acceptors (Lipinski definition) is 6. The Balaban J connectivity index is 1.27. The van der Waals surface area contributed by atoms with Crippen LogP contribution in [-0.2, 0) is 11.3 Å². The van der Waals surface area contributed by atoms with Crippen molar-refractivity contribution in [2.24, 2.45) is 0 Å². The number of thiazole rings is 1. The molecule has 1 amide bonds. The molecule has 0 atom stereocenters. The summed E-state index contributed by atoms with van der Waals surface area (Å²) in [5, 5.41) is 9.17.